The summed E-state index contributed by atoms with van der Waals surface area (Å²) in [5, 5.41) is 10.6. The van der Waals surface area contributed by atoms with Crippen molar-refractivity contribution >= 4 is 34.0 Å². The molecule has 2 bridgehead atoms. The molecular formula is C21H24N4O2S. The van der Waals surface area contributed by atoms with E-state index in [1.54, 1.807) is 0 Å². The Balaban J connectivity index is 1.35. The molecule has 0 radical (unpaired) electrons. The zero-order chi connectivity index (χ0) is 19.5. The number of carbonyl (C=O) groups excluding carboxylic acids is 2. The number of hydrogen-bond donors (Lipinski definition) is 3. The highest BCUT2D eigenvalue weighted by Crippen LogP contribution is 2.52. The molecule has 7 heteroatoms. The van der Waals surface area contributed by atoms with Crippen molar-refractivity contribution in [3.63, 3.8) is 0 Å². The van der Waals surface area contributed by atoms with Gasteiger partial charge in [-0.15, -0.1) is 11.3 Å². The van der Waals surface area contributed by atoms with E-state index in [1.165, 1.54) is 11.3 Å². The van der Waals surface area contributed by atoms with Gasteiger partial charge in [0.2, 0.25) is 5.91 Å². The van der Waals surface area contributed by atoms with Gasteiger partial charge in [-0.05, 0) is 57.6 Å². The summed E-state index contributed by atoms with van der Waals surface area (Å²) in [6.07, 6.45) is 3.63. The number of aromatic nitrogens is 1. The van der Waals surface area contributed by atoms with Crippen molar-refractivity contribution in [1.29, 1.82) is 0 Å². The summed E-state index contributed by atoms with van der Waals surface area (Å²) < 4.78 is 0. The summed E-state index contributed by atoms with van der Waals surface area (Å²) in [7, 11) is 0. The number of fused-ring (bicyclic) bond motifs is 3. The molecule has 4 atom stereocenters. The zero-order valence-electron chi connectivity index (χ0n) is 16.0. The Morgan fingerprint density at radius 1 is 1.25 bits per heavy atom. The van der Waals surface area contributed by atoms with Crippen molar-refractivity contribution in [3.8, 4) is 0 Å². The fourth-order valence-corrected chi connectivity index (χ4v) is 6.01. The third kappa shape index (κ3) is 2.71. The second kappa shape index (κ2) is 6.30. The molecule has 3 saturated carbocycles. The second-order valence-electron chi connectivity index (χ2n) is 8.33. The van der Waals surface area contributed by atoms with Gasteiger partial charge >= 0.3 is 0 Å². The molecule has 1 aromatic heterocycles. The van der Waals surface area contributed by atoms with Crippen molar-refractivity contribution in [1.82, 2.24) is 10.3 Å². The zero-order valence-corrected chi connectivity index (χ0v) is 16.9. The summed E-state index contributed by atoms with van der Waals surface area (Å²) in [4.78, 5) is 31.2. The fraction of sp³-hybridized carbons (Fsp3) is 0.476. The molecule has 0 saturated heterocycles. The van der Waals surface area contributed by atoms with Crippen LogP contribution in [-0.4, -0.2) is 22.5 Å². The van der Waals surface area contributed by atoms with Gasteiger partial charge in [0.1, 0.15) is 5.66 Å². The van der Waals surface area contributed by atoms with Gasteiger partial charge in [-0.1, -0.05) is 12.1 Å². The Hall–Kier alpha value is -2.41. The monoisotopic (exact) mass is 396 g/mol. The predicted octanol–water partition coefficient (Wildman–Crippen LogP) is 3.69. The molecule has 1 spiro atoms. The molecule has 6 nitrogen and oxygen atoms in total. The molecule has 2 heterocycles. The van der Waals surface area contributed by atoms with E-state index in [0.29, 0.717) is 10.7 Å². The lowest BCUT2D eigenvalue weighted by atomic mass is 9.58. The summed E-state index contributed by atoms with van der Waals surface area (Å²) in [5.41, 5.74) is 2.13. The van der Waals surface area contributed by atoms with Crippen LogP contribution >= 0.6 is 11.3 Å². The van der Waals surface area contributed by atoms with Crippen LogP contribution < -0.4 is 16.0 Å². The molecule has 6 rings (SSSR count). The van der Waals surface area contributed by atoms with E-state index in [0.717, 1.165) is 41.9 Å². The fourth-order valence-electron chi connectivity index (χ4n) is 5.19. The molecule has 3 N–H and O–H groups in total. The quantitative estimate of drug-likeness (QED) is 0.723. The first-order chi connectivity index (χ1) is 13.4. The van der Waals surface area contributed by atoms with Crippen LogP contribution in [-0.2, 0) is 4.79 Å². The number of amides is 2. The van der Waals surface area contributed by atoms with Gasteiger partial charge in [-0.3, -0.25) is 9.59 Å². The maximum absolute atomic E-state index is 13.0. The molecule has 2 aromatic rings. The van der Waals surface area contributed by atoms with Gasteiger partial charge in [-0.2, -0.15) is 0 Å². The topological polar surface area (TPSA) is 83.1 Å². The minimum Gasteiger partial charge on any atom is -0.362 e. The minimum absolute atomic E-state index is 0.0170. The molecule has 3 aliphatic carbocycles. The standard InChI is InChI=1S/C21H24N4O2S/c1-11-12(2)28-20(22-11)23-18(26)16-9-14-8-7-13(16)10-21(14)24-17-6-4-3-5-15(17)19(27)25-21/h3-6,13-14,16,24H,7-10H2,1-2H3,(H,25,27)(H,22,23,26)/t13-,14+,16+,21+/m0/s1. The van der Waals surface area contributed by atoms with Gasteiger partial charge in [0.15, 0.2) is 5.13 Å². The highest BCUT2D eigenvalue weighted by Gasteiger charge is 2.55. The Labute approximate surface area is 168 Å². The van der Waals surface area contributed by atoms with Crippen LogP contribution in [0.4, 0.5) is 10.8 Å². The molecular weight excluding hydrogens is 372 g/mol. The Morgan fingerprint density at radius 2 is 2.07 bits per heavy atom. The maximum Gasteiger partial charge on any atom is 0.255 e. The first-order valence-corrected chi connectivity index (χ1v) is 10.7. The van der Waals surface area contributed by atoms with Crippen LogP contribution in [0.25, 0.3) is 0 Å². The Morgan fingerprint density at radius 3 is 2.79 bits per heavy atom. The van der Waals surface area contributed by atoms with Crippen LogP contribution in [0.2, 0.25) is 0 Å². The highest BCUT2D eigenvalue weighted by atomic mass is 32.1. The molecule has 0 unspecified atom stereocenters. The van der Waals surface area contributed by atoms with Gasteiger partial charge < -0.3 is 16.0 Å². The van der Waals surface area contributed by atoms with Crippen LogP contribution in [0.3, 0.4) is 0 Å². The number of hydrogen-bond acceptors (Lipinski definition) is 5. The lowest BCUT2D eigenvalue weighted by Crippen LogP contribution is -2.67. The van der Waals surface area contributed by atoms with Gasteiger partial charge in [0, 0.05) is 22.4 Å². The molecule has 1 aromatic carbocycles. The highest BCUT2D eigenvalue weighted by molar-refractivity contribution is 7.15. The van der Waals surface area contributed by atoms with E-state index >= 15 is 0 Å². The van der Waals surface area contributed by atoms with E-state index in [1.807, 2.05) is 38.1 Å². The summed E-state index contributed by atoms with van der Waals surface area (Å²) >= 11 is 1.53. The number of benzene rings is 1. The number of rotatable bonds is 2. The van der Waals surface area contributed by atoms with Gasteiger partial charge in [0.05, 0.1) is 11.3 Å². The lowest BCUT2D eigenvalue weighted by molar-refractivity contribution is -0.126. The van der Waals surface area contributed by atoms with Crippen molar-refractivity contribution in [2.24, 2.45) is 17.8 Å². The van der Waals surface area contributed by atoms with Crippen LogP contribution in [0.15, 0.2) is 24.3 Å². The van der Waals surface area contributed by atoms with E-state index in [2.05, 4.69) is 20.9 Å². The summed E-state index contributed by atoms with van der Waals surface area (Å²) in [6, 6.07) is 7.65. The molecule has 2 amide bonds. The second-order valence-corrected chi connectivity index (χ2v) is 9.53. The Kier molecular flexibility index (Phi) is 3.98. The first-order valence-electron chi connectivity index (χ1n) is 9.90. The summed E-state index contributed by atoms with van der Waals surface area (Å²) in [5.74, 6) is 0.526. The predicted molar refractivity (Wildman–Crippen MR) is 109 cm³/mol. The molecule has 146 valence electrons. The van der Waals surface area contributed by atoms with Crippen molar-refractivity contribution in [2.75, 3.05) is 10.6 Å². The van der Waals surface area contributed by atoms with Gasteiger partial charge in [-0.25, -0.2) is 4.98 Å². The molecule has 28 heavy (non-hydrogen) atoms. The molecule has 1 aliphatic heterocycles. The third-order valence-electron chi connectivity index (χ3n) is 6.74. The smallest absolute Gasteiger partial charge is 0.255 e. The number of nitrogens with one attached hydrogen (secondary N) is 3. The molecule has 3 fully saturated rings. The normalized spacial score (nSPS) is 30.5. The summed E-state index contributed by atoms with van der Waals surface area (Å²) in [6.45, 7) is 3.98. The number of anilines is 2. The average molecular weight is 397 g/mol. The minimum atomic E-state index is -0.431. The van der Waals surface area contributed by atoms with Crippen molar-refractivity contribution in [2.45, 2.75) is 45.2 Å². The van der Waals surface area contributed by atoms with Gasteiger partial charge in [0.25, 0.3) is 5.91 Å². The van der Waals surface area contributed by atoms with Crippen molar-refractivity contribution < 1.29 is 9.59 Å². The largest absolute Gasteiger partial charge is 0.362 e. The van der Waals surface area contributed by atoms with E-state index in [-0.39, 0.29) is 29.6 Å². The van der Waals surface area contributed by atoms with Crippen LogP contribution in [0.5, 0.6) is 0 Å². The van der Waals surface area contributed by atoms with E-state index in [9.17, 15) is 9.59 Å². The van der Waals surface area contributed by atoms with E-state index in [4.69, 9.17) is 0 Å². The molecule has 4 aliphatic rings. The number of nitrogens with zero attached hydrogens (tertiary/aromatic N) is 1. The van der Waals surface area contributed by atoms with Crippen LogP contribution in [0, 0.1) is 31.6 Å². The van der Waals surface area contributed by atoms with E-state index < -0.39 is 5.66 Å². The lowest BCUT2D eigenvalue weighted by Gasteiger charge is -2.56. The first kappa shape index (κ1) is 17.7. The van der Waals surface area contributed by atoms with Crippen molar-refractivity contribution in [3.05, 3.63) is 40.4 Å². The number of carbonyl (C=O) groups is 2. The SMILES string of the molecule is Cc1nc(NC(=O)[C@@H]2C[C@H]3CC[C@H]2C[C@@]32NC(=O)c3ccccc3N2)sc1C. The number of aryl methyl sites for hydroxylation is 2. The Bertz CT molecular complexity index is 952. The number of para-hydroxylation sites is 1. The number of thiazole rings is 1. The third-order valence-corrected chi connectivity index (χ3v) is 7.72. The van der Waals surface area contributed by atoms with Crippen LogP contribution in [0.1, 0.15) is 46.6 Å². The maximum atomic E-state index is 13.0. The average Bonchev–Trinajstić information content (AvgIpc) is 2.99.